The first-order chi connectivity index (χ1) is 15.1. The lowest BCUT2D eigenvalue weighted by atomic mass is 10.1. The summed E-state index contributed by atoms with van der Waals surface area (Å²) < 4.78 is 2.00. The van der Waals surface area contributed by atoms with Crippen LogP contribution in [-0.4, -0.2) is 26.4 Å². The average molecular weight is 429 g/mol. The molecular formula is C25H24N4OS. The van der Waals surface area contributed by atoms with Gasteiger partial charge in [0.1, 0.15) is 0 Å². The fourth-order valence-corrected chi connectivity index (χ4v) is 3.93. The Bertz CT molecular complexity index is 1150. The van der Waals surface area contributed by atoms with Crippen molar-refractivity contribution < 1.29 is 4.79 Å². The van der Waals surface area contributed by atoms with Crippen LogP contribution in [0.2, 0.25) is 0 Å². The van der Waals surface area contributed by atoms with Gasteiger partial charge in [0, 0.05) is 17.8 Å². The Hall–Kier alpha value is -3.38. The van der Waals surface area contributed by atoms with E-state index in [2.05, 4.69) is 34.6 Å². The summed E-state index contributed by atoms with van der Waals surface area (Å²) in [6.07, 6.45) is 0. The molecule has 0 radical (unpaired) electrons. The Labute approximate surface area is 186 Å². The van der Waals surface area contributed by atoms with Gasteiger partial charge < -0.3 is 5.32 Å². The lowest BCUT2D eigenvalue weighted by Gasteiger charge is -2.11. The molecule has 0 bridgehead atoms. The van der Waals surface area contributed by atoms with Gasteiger partial charge in [0.25, 0.3) is 0 Å². The number of aryl methyl sites for hydroxylation is 2. The monoisotopic (exact) mass is 428 g/mol. The Balaban J connectivity index is 1.50. The van der Waals surface area contributed by atoms with E-state index < -0.39 is 0 Å². The molecule has 156 valence electrons. The van der Waals surface area contributed by atoms with Crippen molar-refractivity contribution in [1.82, 2.24) is 20.1 Å². The van der Waals surface area contributed by atoms with Gasteiger partial charge in [-0.15, -0.1) is 10.2 Å². The van der Waals surface area contributed by atoms with Crippen molar-refractivity contribution in [3.05, 3.63) is 95.6 Å². The van der Waals surface area contributed by atoms with E-state index in [1.807, 2.05) is 78.2 Å². The van der Waals surface area contributed by atoms with Gasteiger partial charge in [0.2, 0.25) is 5.91 Å². The van der Waals surface area contributed by atoms with E-state index in [-0.39, 0.29) is 11.7 Å². The van der Waals surface area contributed by atoms with Crippen LogP contribution in [0.3, 0.4) is 0 Å². The third-order valence-electron chi connectivity index (χ3n) is 4.90. The van der Waals surface area contributed by atoms with Crippen molar-refractivity contribution in [1.29, 1.82) is 0 Å². The van der Waals surface area contributed by atoms with Gasteiger partial charge in [-0.3, -0.25) is 9.36 Å². The number of carbonyl (C=O) groups is 1. The topological polar surface area (TPSA) is 59.8 Å². The molecule has 4 rings (SSSR count). The van der Waals surface area contributed by atoms with Crippen molar-refractivity contribution in [3.63, 3.8) is 0 Å². The summed E-state index contributed by atoms with van der Waals surface area (Å²) in [6.45, 7) is 4.62. The van der Waals surface area contributed by atoms with Crippen LogP contribution in [-0.2, 0) is 11.3 Å². The summed E-state index contributed by atoms with van der Waals surface area (Å²) in [6, 6.07) is 26.3. The van der Waals surface area contributed by atoms with E-state index in [0.717, 1.165) is 22.6 Å². The second-order valence-corrected chi connectivity index (χ2v) is 8.34. The first-order valence-corrected chi connectivity index (χ1v) is 11.1. The van der Waals surface area contributed by atoms with Gasteiger partial charge >= 0.3 is 0 Å². The predicted molar refractivity (Wildman–Crippen MR) is 125 cm³/mol. The molecular weight excluding hydrogens is 404 g/mol. The van der Waals surface area contributed by atoms with Crippen LogP contribution in [0.1, 0.15) is 16.7 Å². The molecule has 4 aromatic rings. The molecule has 0 aliphatic carbocycles. The molecule has 0 aliphatic heterocycles. The third kappa shape index (κ3) is 5.22. The van der Waals surface area contributed by atoms with Gasteiger partial charge in [-0.25, -0.2) is 0 Å². The van der Waals surface area contributed by atoms with Crippen LogP contribution in [0.15, 0.2) is 84.0 Å². The number of aromatic nitrogens is 3. The summed E-state index contributed by atoms with van der Waals surface area (Å²) >= 11 is 1.38. The zero-order valence-electron chi connectivity index (χ0n) is 17.6. The number of carbonyl (C=O) groups excluding carboxylic acids is 1. The standard InChI is InChI=1S/C25H24N4OS/c1-18-8-12-20(13-9-18)16-26-23(30)17-31-25-28-27-24(21-14-10-19(2)11-15-21)29(25)22-6-4-3-5-7-22/h3-15H,16-17H2,1-2H3,(H,26,30). The van der Waals surface area contributed by atoms with Gasteiger partial charge in [0.15, 0.2) is 11.0 Å². The van der Waals surface area contributed by atoms with Gasteiger partial charge in [-0.2, -0.15) is 0 Å². The Kier molecular flexibility index (Phi) is 6.48. The Morgan fingerprint density at radius 1 is 0.871 bits per heavy atom. The van der Waals surface area contributed by atoms with Crippen LogP contribution in [0.4, 0.5) is 0 Å². The SMILES string of the molecule is Cc1ccc(CNC(=O)CSc2nnc(-c3ccc(C)cc3)n2-c2ccccc2)cc1. The fourth-order valence-electron chi connectivity index (χ4n) is 3.15. The molecule has 0 saturated carbocycles. The molecule has 31 heavy (non-hydrogen) atoms. The number of thioether (sulfide) groups is 1. The van der Waals surface area contributed by atoms with Crippen molar-refractivity contribution in [2.45, 2.75) is 25.5 Å². The summed E-state index contributed by atoms with van der Waals surface area (Å²) in [4.78, 5) is 12.4. The summed E-state index contributed by atoms with van der Waals surface area (Å²) in [7, 11) is 0. The average Bonchev–Trinajstić information content (AvgIpc) is 3.22. The van der Waals surface area contributed by atoms with E-state index >= 15 is 0 Å². The summed E-state index contributed by atoms with van der Waals surface area (Å²) in [5.41, 5.74) is 5.42. The maximum absolute atomic E-state index is 12.4. The molecule has 0 fully saturated rings. The molecule has 0 atom stereocenters. The predicted octanol–water partition coefficient (Wildman–Crippen LogP) is 4.96. The number of hydrogen-bond acceptors (Lipinski definition) is 4. The lowest BCUT2D eigenvalue weighted by Crippen LogP contribution is -2.24. The van der Waals surface area contributed by atoms with Crippen LogP contribution in [0.25, 0.3) is 17.1 Å². The molecule has 3 aromatic carbocycles. The highest BCUT2D eigenvalue weighted by molar-refractivity contribution is 7.99. The molecule has 0 saturated heterocycles. The summed E-state index contributed by atoms with van der Waals surface area (Å²) in [5.74, 6) is 0.990. The Morgan fingerprint density at radius 3 is 2.19 bits per heavy atom. The molecule has 1 amide bonds. The van der Waals surface area contributed by atoms with E-state index in [1.165, 1.54) is 22.9 Å². The number of rotatable bonds is 7. The maximum Gasteiger partial charge on any atom is 0.230 e. The van der Waals surface area contributed by atoms with Crippen molar-refractivity contribution >= 4 is 17.7 Å². The number of nitrogens with zero attached hydrogens (tertiary/aromatic N) is 3. The minimum atomic E-state index is -0.0370. The number of nitrogens with one attached hydrogen (secondary N) is 1. The van der Waals surface area contributed by atoms with E-state index in [9.17, 15) is 4.79 Å². The number of amides is 1. The Morgan fingerprint density at radius 2 is 1.52 bits per heavy atom. The van der Waals surface area contributed by atoms with Gasteiger partial charge in [-0.05, 0) is 31.5 Å². The minimum absolute atomic E-state index is 0.0370. The van der Waals surface area contributed by atoms with Gasteiger partial charge in [0.05, 0.1) is 5.75 Å². The molecule has 0 spiro atoms. The molecule has 1 heterocycles. The quantitative estimate of drug-likeness (QED) is 0.423. The third-order valence-corrected chi connectivity index (χ3v) is 5.83. The lowest BCUT2D eigenvalue weighted by molar-refractivity contribution is -0.118. The zero-order chi connectivity index (χ0) is 21.6. The highest BCUT2D eigenvalue weighted by atomic mass is 32.2. The largest absolute Gasteiger partial charge is 0.351 e. The second-order valence-electron chi connectivity index (χ2n) is 7.39. The van der Waals surface area contributed by atoms with Crippen LogP contribution in [0, 0.1) is 13.8 Å². The first kappa shape index (κ1) is 20.9. The zero-order valence-corrected chi connectivity index (χ0v) is 18.4. The number of para-hydroxylation sites is 1. The molecule has 0 unspecified atom stereocenters. The summed E-state index contributed by atoms with van der Waals surface area (Å²) in [5, 5.41) is 12.5. The van der Waals surface area contributed by atoms with Crippen molar-refractivity contribution in [3.8, 4) is 17.1 Å². The van der Waals surface area contributed by atoms with E-state index in [1.54, 1.807) is 0 Å². The van der Waals surface area contributed by atoms with E-state index in [4.69, 9.17) is 0 Å². The fraction of sp³-hybridized carbons (Fsp3) is 0.160. The molecule has 0 aliphatic rings. The van der Waals surface area contributed by atoms with Gasteiger partial charge in [-0.1, -0.05) is 89.6 Å². The highest BCUT2D eigenvalue weighted by Crippen LogP contribution is 2.28. The molecule has 1 aromatic heterocycles. The maximum atomic E-state index is 12.4. The number of hydrogen-bond donors (Lipinski definition) is 1. The number of benzene rings is 3. The molecule has 1 N–H and O–H groups in total. The highest BCUT2D eigenvalue weighted by Gasteiger charge is 2.17. The van der Waals surface area contributed by atoms with Crippen LogP contribution in [0.5, 0.6) is 0 Å². The van der Waals surface area contributed by atoms with Crippen LogP contribution < -0.4 is 5.32 Å². The van der Waals surface area contributed by atoms with Crippen molar-refractivity contribution in [2.24, 2.45) is 0 Å². The minimum Gasteiger partial charge on any atom is -0.351 e. The van der Waals surface area contributed by atoms with Crippen molar-refractivity contribution in [2.75, 3.05) is 5.75 Å². The second kappa shape index (κ2) is 9.62. The molecule has 5 nitrogen and oxygen atoms in total. The van der Waals surface area contributed by atoms with E-state index in [0.29, 0.717) is 11.7 Å². The molecule has 6 heteroatoms. The van der Waals surface area contributed by atoms with Crippen LogP contribution >= 0.6 is 11.8 Å². The first-order valence-electron chi connectivity index (χ1n) is 10.1. The smallest absolute Gasteiger partial charge is 0.230 e. The normalized spacial score (nSPS) is 10.8.